The Morgan fingerprint density at radius 1 is 1.39 bits per heavy atom. The Morgan fingerprint density at radius 2 is 2.22 bits per heavy atom. The predicted molar refractivity (Wildman–Crippen MR) is 90.6 cm³/mol. The molecule has 0 bridgehead atoms. The number of nitrogens with one attached hydrogen (secondary N) is 2. The van der Waals surface area contributed by atoms with Crippen LogP contribution in [0.2, 0.25) is 0 Å². The van der Waals surface area contributed by atoms with E-state index in [0.717, 1.165) is 6.54 Å². The number of hydrogen-bond donors (Lipinski definition) is 3. The summed E-state index contributed by atoms with van der Waals surface area (Å²) in [6.07, 6.45) is 6.25. The highest BCUT2D eigenvalue weighted by molar-refractivity contribution is 5.93. The lowest BCUT2D eigenvalue weighted by molar-refractivity contribution is 0.0926. The lowest BCUT2D eigenvalue weighted by Gasteiger charge is -2.14. The van der Waals surface area contributed by atoms with Crippen LogP contribution in [0.3, 0.4) is 0 Å². The summed E-state index contributed by atoms with van der Waals surface area (Å²) < 4.78 is 1.77. The van der Waals surface area contributed by atoms with Crippen molar-refractivity contribution in [2.45, 2.75) is 6.10 Å². The molecule has 1 aliphatic rings. The molecule has 0 saturated carbocycles. The minimum atomic E-state index is -0.396. The van der Waals surface area contributed by atoms with E-state index in [1.54, 1.807) is 35.4 Å². The molecule has 3 N–H and O–H groups in total. The number of carbonyl (C=O) groups excluding carboxylic acids is 1. The van der Waals surface area contributed by atoms with Crippen molar-refractivity contribution >= 4 is 30.7 Å². The van der Waals surface area contributed by atoms with Gasteiger partial charge < -0.3 is 15.7 Å². The zero-order valence-electron chi connectivity index (χ0n) is 12.3. The van der Waals surface area contributed by atoms with Crippen molar-refractivity contribution in [1.82, 2.24) is 25.2 Å². The van der Waals surface area contributed by atoms with Gasteiger partial charge in [-0.05, 0) is 12.1 Å². The predicted octanol–water partition coefficient (Wildman–Crippen LogP) is 0.421. The average molecular weight is 360 g/mol. The lowest BCUT2D eigenvalue weighted by Crippen LogP contribution is -2.34. The van der Waals surface area contributed by atoms with Crippen molar-refractivity contribution in [3.63, 3.8) is 0 Å². The number of hydrogen-bond acceptors (Lipinski definition) is 5. The van der Waals surface area contributed by atoms with E-state index in [9.17, 15) is 9.90 Å². The largest absolute Gasteiger partial charge is 0.391 e. The lowest BCUT2D eigenvalue weighted by atomic mass is 10.1. The fraction of sp³-hybridized carbons (Fsp3) is 0.357. The fourth-order valence-electron chi connectivity index (χ4n) is 2.32. The van der Waals surface area contributed by atoms with E-state index >= 15 is 0 Å². The minimum absolute atomic E-state index is 0. The summed E-state index contributed by atoms with van der Waals surface area (Å²) in [5, 5.41) is 15.6. The van der Waals surface area contributed by atoms with Gasteiger partial charge in [-0.2, -0.15) is 0 Å². The topological polar surface area (TPSA) is 92.1 Å². The second kappa shape index (κ2) is 8.83. The summed E-state index contributed by atoms with van der Waals surface area (Å²) in [4.78, 5) is 20.2. The second-order valence-corrected chi connectivity index (χ2v) is 5.07. The Hall–Kier alpha value is -1.67. The molecule has 7 nitrogen and oxygen atoms in total. The molecule has 1 fully saturated rings. The molecule has 2 atom stereocenters. The number of carbonyl (C=O) groups is 1. The molecule has 2 unspecified atom stereocenters. The Morgan fingerprint density at radius 3 is 2.78 bits per heavy atom. The zero-order chi connectivity index (χ0) is 14.7. The van der Waals surface area contributed by atoms with E-state index in [1.807, 2.05) is 0 Å². The van der Waals surface area contributed by atoms with Crippen LogP contribution < -0.4 is 10.6 Å². The molecule has 3 heterocycles. The molecule has 0 aliphatic carbocycles. The number of aliphatic hydroxyl groups is 1. The highest BCUT2D eigenvalue weighted by Crippen LogP contribution is 2.08. The van der Waals surface area contributed by atoms with Crippen LogP contribution in [-0.2, 0) is 0 Å². The molecule has 0 radical (unpaired) electrons. The van der Waals surface area contributed by atoms with E-state index in [-0.39, 0.29) is 36.6 Å². The van der Waals surface area contributed by atoms with E-state index in [4.69, 9.17) is 0 Å². The van der Waals surface area contributed by atoms with Gasteiger partial charge in [0.2, 0.25) is 0 Å². The van der Waals surface area contributed by atoms with E-state index in [1.165, 1.54) is 6.20 Å². The first-order valence-corrected chi connectivity index (χ1v) is 6.85. The summed E-state index contributed by atoms with van der Waals surface area (Å²) in [7, 11) is 0. The highest BCUT2D eigenvalue weighted by Gasteiger charge is 2.25. The fourth-order valence-corrected chi connectivity index (χ4v) is 2.32. The van der Waals surface area contributed by atoms with Gasteiger partial charge in [0.25, 0.3) is 5.91 Å². The zero-order valence-corrected chi connectivity index (χ0v) is 13.9. The van der Waals surface area contributed by atoms with Gasteiger partial charge in [-0.1, -0.05) is 0 Å². The minimum Gasteiger partial charge on any atom is -0.391 e. The Kier molecular flexibility index (Phi) is 7.44. The Balaban J connectivity index is 0.00000132. The number of rotatable bonds is 4. The van der Waals surface area contributed by atoms with Gasteiger partial charge in [0.05, 0.1) is 11.7 Å². The number of amides is 1. The molecule has 23 heavy (non-hydrogen) atoms. The molecule has 2 aromatic rings. The van der Waals surface area contributed by atoms with Crippen molar-refractivity contribution in [2.75, 3.05) is 19.6 Å². The summed E-state index contributed by atoms with van der Waals surface area (Å²) in [5.74, 6) is 0.588. The number of pyridine rings is 1. The summed E-state index contributed by atoms with van der Waals surface area (Å²) in [6, 6.07) is 3.49. The highest BCUT2D eigenvalue weighted by atomic mass is 35.5. The van der Waals surface area contributed by atoms with E-state index in [2.05, 4.69) is 20.6 Å². The number of nitrogens with zero attached hydrogens (tertiary/aromatic N) is 3. The number of imidazole rings is 1. The SMILES string of the molecule is Cl.Cl.O=C(NCC1CNCC1O)c1ccc(-n2ccnc2)nc1. The Labute approximate surface area is 146 Å². The van der Waals surface area contributed by atoms with Gasteiger partial charge in [-0.25, -0.2) is 9.97 Å². The molecule has 0 spiro atoms. The van der Waals surface area contributed by atoms with Gasteiger partial charge in [0.15, 0.2) is 0 Å². The van der Waals surface area contributed by atoms with Crippen LogP contribution >= 0.6 is 24.8 Å². The quantitative estimate of drug-likeness (QED) is 0.735. The maximum atomic E-state index is 12.0. The second-order valence-electron chi connectivity index (χ2n) is 5.07. The van der Waals surface area contributed by atoms with Crippen LogP contribution in [-0.4, -0.2) is 51.3 Å². The van der Waals surface area contributed by atoms with Crippen molar-refractivity contribution in [3.8, 4) is 5.82 Å². The van der Waals surface area contributed by atoms with Crippen molar-refractivity contribution in [2.24, 2.45) is 5.92 Å². The average Bonchev–Trinajstić information content (AvgIpc) is 3.17. The Bertz CT molecular complexity index is 606. The summed E-state index contributed by atoms with van der Waals surface area (Å²) >= 11 is 0. The normalized spacial score (nSPS) is 19.5. The van der Waals surface area contributed by atoms with Gasteiger partial charge in [-0.15, -0.1) is 24.8 Å². The van der Waals surface area contributed by atoms with E-state index < -0.39 is 6.10 Å². The molecule has 3 rings (SSSR count). The third-order valence-electron chi connectivity index (χ3n) is 3.61. The van der Waals surface area contributed by atoms with Crippen molar-refractivity contribution in [3.05, 3.63) is 42.6 Å². The molecule has 126 valence electrons. The van der Waals surface area contributed by atoms with Crippen LogP contribution in [0.25, 0.3) is 5.82 Å². The van der Waals surface area contributed by atoms with Gasteiger partial charge in [0.1, 0.15) is 12.1 Å². The van der Waals surface area contributed by atoms with Gasteiger partial charge in [-0.3, -0.25) is 9.36 Å². The first-order chi connectivity index (χ1) is 10.2. The third kappa shape index (κ3) is 4.65. The molecule has 1 amide bonds. The molecular weight excluding hydrogens is 341 g/mol. The first kappa shape index (κ1) is 19.4. The van der Waals surface area contributed by atoms with E-state index in [0.29, 0.717) is 24.5 Å². The number of aromatic nitrogens is 3. The van der Waals surface area contributed by atoms with Crippen molar-refractivity contribution in [1.29, 1.82) is 0 Å². The number of halogens is 2. The maximum absolute atomic E-state index is 12.0. The molecule has 2 aromatic heterocycles. The summed E-state index contributed by atoms with van der Waals surface area (Å²) in [5.41, 5.74) is 0.499. The summed E-state index contributed by atoms with van der Waals surface area (Å²) in [6.45, 7) is 1.76. The number of aliphatic hydroxyl groups excluding tert-OH is 1. The van der Waals surface area contributed by atoms with Crippen LogP contribution in [0.4, 0.5) is 0 Å². The maximum Gasteiger partial charge on any atom is 0.252 e. The molecule has 1 aliphatic heterocycles. The van der Waals surface area contributed by atoms with Crippen LogP contribution in [0.5, 0.6) is 0 Å². The van der Waals surface area contributed by atoms with Crippen molar-refractivity contribution < 1.29 is 9.90 Å². The molecule has 9 heteroatoms. The molecule has 0 aromatic carbocycles. The third-order valence-corrected chi connectivity index (χ3v) is 3.61. The van der Waals surface area contributed by atoms with Crippen LogP contribution in [0.15, 0.2) is 37.1 Å². The standard InChI is InChI=1S/C14H17N5O2.2ClH/c20-12-8-16-5-11(12)7-18-14(21)10-1-2-13(17-6-10)19-4-3-15-9-19;;/h1-4,6,9,11-12,16,20H,5,7-8H2,(H,18,21);2*1H. The monoisotopic (exact) mass is 359 g/mol. The van der Waals surface area contributed by atoms with Gasteiger partial charge in [0, 0.05) is 44.1 Å². The smallest absolute Gasteiger partial charge is 0.252 e. The van der Waals surface area contributed by atoms with Crippen LogP contribution in [0, 0.1) is 5.92 Å². The van der Waals surface area contributed by atoms with Crippen LogP contribution in [0.1, 0.15) is 10.4 Å². The molecule has 1 saturated heterocycles. The molecular formula is C14H19Cl2N5O2. The van der Waals surface area contributed by atoms with Gasteiger partial charge >= 0.3 is 0 Å². The first-order valence-electron chi connectivity index (χ1n) is 6.85. The number of β-amino-alcohol motifs (C(OH)–C–C–N with tert-alkyl or cyclic N) is 1.